The summed E-state index contributed by atoms with van der Waals surface area (Å²) in [6.07, 6.45) is 1.82. The highest BCUT2D eigenvalue weighted by atomic mass is 32.2. The first-order valence-corrected chi connectivity index (χ1v) is 6.70. The number of hydrogen-bond acceptors (Lipinski definition) is 3. The van der Waals surface area contributed by atoms with E-state index >= 15 is 0 Å². The third kappa shape index (κ3) is 3.41. The largest absolute Gasteiger partial charge is 0.309 e. The average Bonchev–Trinajstić information content (AvgIpc) is 2.12. The molecule has 0 N–H and O–H groups in total. The van der Waals surface area contributed by atoms with Crippen molar-refractivity contribution in [3.05, 3.63) is 0 Å². The molecule has 0 saturated carbocycles. The van der Waals surface area contributed by atoms with Gasteiger partial charge in [0.05, 0.1) is 0 Å². The Balaban J connectivity index is 2.46. The van der Waals surface area contributed by atoms with Crippen LogP contribution in [0.1, 0.15) is 12.8 Å². The predicted molar refractivity (Wildman–Crippen MR) is 60.9 cm³/mol. The van der Waals surface area contributed by atoms with Crippen molar-refractivity contribution >= 4 is 10.2 Å². The molecule has 1 heterocycles. The predicted octanol–water partition coefficient (Wildman–Crippen LogP) is -0.180. The molecular formula is C9H21N3O2S. The van der Waals surface area contributed by atoms with E-state index in [1.165, 1.54) is 4.31 Å². The molecule has 1 fully saturated rings. The van der Waals surface area contributed by atoms with Crippen LogP contribution in [0, 0.1) is 0 Å². The Morgan fingerprint density at radius 3 is 2.53 bits per heavy atom. The molecule has 6 heteroatoms. The van der Waals surface area contributed by atoms with E-state index in [-0.39, 0.29) is 0 Å². The van der Waals surface area contributed by atoms with Gasteiger partial charge in [0, 0.05) is 26.7 Å². The number of nitrogens with zero attached hydrogens (tertiary/aromatic N) is 3. The standard InChI is InChI=1S/C9H21N3O2S/c1-10(2)6-4-8-12-9-5-7-11(3)15(12,13)14/h4-9H2,1-3H3. The van der Waals surface area contributed by atoms with Crippen molar-refractivity contribution in [2.45, 2.75) is 12.8 Å². The van der Waals surface area contributed by atoms with E-state index in [1.807, 2.05) is 14.1 Å². The summed E-state index contributed by atoms with van der Waals surface area (Å²) in [4.78, 5) is 2.07. The highest BCUT2D eigenvalue weighted by molar-refractivity contribution is 7.86. The van der Waals surface area contributed by atoms with Gasteiger partial charge in [0.1, 0.15) is 0 Å². The topological polar surface area (TPSA) is 43.9 Å². The molecule has 5 nitrogen and oxygen atoms in total. The van der Waals surface area contributed by atoms with E-state index < -0.39 is 10.2 Å². The van der Waals surface area contributed by atoms with E-state index in [9.17, 15) is 8.42 Å². The highest BCUT2D eigenvalue weighted by Gasteiger charge is 2.29. The molecule has 1 saturated heterocycles. The van der Waals surface area contributed by atoms with Gasteiger partial charge in [-0.1, -0.05) is 0 Å². The lowest BCUT2D eigenvalue weighted by Crippen LogP contribution is -2.48. The van der Waals surface area contributed by atoms with Gasteiger partial charge >= 0.3 is 0 Å². The summed E-state index contributed by atoms with van der Waals surface area (Å²) in [7, 11) is 2.49. The van der Waals surface area contributed by atoms with Crippen molar-refractivity contribution in [1.29, 1.82) is 0 Å². The molecule has 0 unspecified atom stereocenters. The lowest BCUT2D eigenvalue weighted by atomic mass is 10.3. The molecule has 0 radical (unpaired) electrons. The summed E-state index contributed by atoms with van der Waals surface area (Å²) in [6, 6.07) is 0. The molecular weight excluding hydrogens is 214 g/mol. The minimum Gasteiger partial charge on any atom is -0.309 e. The molecule has 0 amide bonds. The molecule has 1 aliphatic rings. The molecule has 1 aliphatic heterocycles. The lowest BCUT2D eigenvalue weighted by molar-refractivity contribution is 0.291. The third-order valence-electron chi connectivity index (χ3n) is 2.61. The van der Waals surface area contributed by atoms with Gasteiger partial charge in [-0.2, -0.15) is 17.0 Å². The van der Waals surface area contributed by atoms with Crippen LogP contribution in [0.2, 0.25) is 0 Å². The fourth-order valence-corrected chi connectivity index (χ4v) is 3.16. The fourth-order valence-electron chi connectivity index (χ4n) is 1.69. The maximum atomic E-state index is 11.8. The molecule has 0 spiro atoms. The number of rotatable bonds is 4. The van der Waals surface area contributed by atoms with E-state index in [1.54, 1.807) is 11.4 Å². The smallest absolute Gasteiger partial charge is 0.281 e. The van der Waals surface area contributed by atoms with Gasteiger partial charge < -0.3 is 4.90 Å². The average molecular weight is 235 g/mol. The Morgan fingerprint density at radius 2 is 1.93 bits per heavy atom. The normalized spacial score (nSPS) is 23.5. The van der Waals surface area contributed by atoms with Crippen molar-refractivity contribution in [3.8, 4) is 0 Å². The van der Waals surface area contributed by atoms with Gasteiger partial charge in [0.25, 0.3) is 10.2 Å². The minimum atomic E-state index is -3.15. The molecule has 0 aromatic carbocycles. The van der Waals surface area contributed by atoms with E-state index in [0.29, 0.717) is 19.6 Å². The van der Waals surface area contributed by atoms with Crippen LogP contribution >= 0.6 is 0 Å². The first-order chi connectivity index (χ1) is 6.94. The van der Waals surface area contributed by atoms with Crippen LogP contribution in [0.4, 0.5) is 0 Å². The third-order valence-corrected chi connectivity index (χ3v) is 4.60. The summed E-state index contributed by atoms with van der Waals surface area (Å²) in [6.45, 7) is 2.87. The van der Waals surface area contributed by atoms with Crippen LogP contribution in [-0.4, -0.2) is 69.3 Å². The molecule has 15 heavy (non-hydrogen) atoms. The lowest BCUT2D eigenvalue weighted by Gasteiger charge is -2.32. The van der Waals surface area contributed by atoms with Crippen LogP contribution in [0.15, 0.2) is 0 Å². The first kappa shape index (κ1) is 12.9. The maximum Gasteiger partial charge on any atom is 0.281 e. The van der Waals surface area contributed by atoms with Crippen molar-refractivity contribution in [1.82, 2.24) is 13.5 Å². The molecule has 0 aromatic rings. The molecule has 0 bridgehead atoms. The van der Waals surface area contributed by atoms with Crippen molar-refractivity contribution in [3.63, 3.8) is 0 Å². The van der Waals surface area contributed by atoms with Gasteiger partial charge in [0.15, 0.2) is 0 Å². The second-order valence-corrected chi connectivity index (χ2v) is 6.27. The second-order valence-electron chi connectivity index (χ2n) is 4.24. The number of hydrogen-bond donors (Lipinski definition) is 0. The van der Waals surface area contributed by atoms with Crippen LogP contribution < -0.4 is 0 Å². The second kappa shape index (κ2) is 5.25. The molecule has 90 valence electrons. The minimum absolute atomic E-state index is 0.630. The summed E-state index contributed by atoms with van der Waals surface area (Å²) in [5.74, 6) is 0. The Hall–Kier alpha value is -0.170. The summed E-state index contributed by atoms with van der Waals surface area (Å²) >= 11 is 0. The van der Waals surface area contributed by atoms with Gasteiger partial charge in [-0.25, -0.2) is 0 Å². The Kier molecular flexibility index (Phi) is 4.51. The van der Waals surface area contributed by atoms with E-state index in [2.05, 4.69) is 4.90 Å². The Morgan fingerprint density at radius 1 is 1.27 bits per heavy atom. The summed E-state index contributed by atoms with van der Waals surface area (Å²) in [5, 5.41) is 0. The quantitative estimate of drug-likeness (QED) is 0.679. The molecule has 0 atom stereocenters. The molecule has 0 aliphatic carbocycles. The van der Waals surface area contributed by atoms with Crippen molar-refractivity contribution in [2.24, 2.45) is 0 Å². The monoisotopic (exact) mass is 235 g/mol. The van der Waals surface area contributed by atoms with Gasteiger partial charge in [0.2, 0.25) is 0 Å². The molecule has 0 aromatic heterocycles. The van der Waals surface area contributed by atoms with Crippen LogP contribution in [0.3, 0.4) is 0 Å². The highest BCUT2D eigenvalue weighted by Crippen LogP contribution is 2.14. The van der Waals surface area contributed by atoms with E-state index in [4.69, 9.17) is 0 Å². The van der Waals surface area contributed by atoms with Crippen molar-refractivity contribution < 1.29 is 8.42 Å². The Labute approximate surface area is 92.8 Å². The van der Waals surface area contributed by atoms with Gasteiger partial charge in [-0.3, -0.25) is 0 Å². The van der Waals surface area contributed by atoms with Crippen LogP contribution in [0.25, 0.3) is 0 Å². The Bertz CT molecular complexity index is 290. The van der Waals surface area contributed by atoms with Gasteiger partial charge in [-0.05, 0) is 33.5 Å². The maximum absolute atomic E-state index is 11.8. The zero-order valence-electron chi connectivity index (χ0n) is 9.81. The summed E-state index contributed by atoms with van der Waals surface area (Å²) < 4.78 is 26.7. The fraction of sp³-hybridized carbons (Fsp3) is 1.00. The van der Waals surface area contributed by atoms with Gasteiger partial charge in [-0.15, -0.1) is 0 Å². The molecule has 1 rings (SSSR count). The van der Waals surface area contributed by atoms with Crippen LogP contribution in [0.5, 0.6) is 0 Å². The first-order valence-electron chi connectivity index (χ1n) is 5.31. The van der Waals surface area contributed by atoms with E-state index in [0.717, 1.165) is 19.4 Å². The SMILES string of the molecule is CN(C)CCCN1CCCN(C)S1(=O)=O. The van der Waals surface area contributed by atoms with Crippen LogP contribution in [-0.2, 0) is 10.2 Å². The zero-order valence-corrected chi connectivity index (χ0v) is 10.6. The summed E-state index contributed by atoms with van der Waals surface area (Å²) in [5.41, 5.74) is 0. The zero-order chi connectivity index (χ0) is 11.5. The van der Waals surface area contributed by atoms with Crippen molar-refractivity contribution in [2.75, 3.05) is 47.3 Å².